The highest BCUT2D eigenvalue weighted by Gasteiger charge is 2.17. The predicted molar refractivity (Wildman–Crippen MR) is 217 cm³/mol. The Morgan fingerprint density at radius 3 is 1.63 bits per heavy atom. The lowest BCUT2D eigenvalue weighted by atomic mass is 10.1. The standard InChI is InChI=1S/C48H37N3/c1-34-35(2)49(38-14-6-3-7-15-38)47-30-26-37(32-44(34)47)23-22-36-24-27-41(28-25-36)50(39-16-8-4-9-17-39)42-29-31-48-45(33-42)43-20-12-13-21-46(43)51(48)40-18-10-5-11-19-40/h3-33H,1-2H3/b23-22+. The zero-order chi connectivity index (χ0) is 34.3. The molecule has 3 nitrogen and oxygen atoms in total. The van der Waals surface area contributed by atoms with Gasteiger partial charge in [0.15, 0.2) is 0 Å². The first-order valence-corrected chi connectivity index (χ1v) is 17.5. The van der Waals surface area contributed by atoms with E-state index in [1.807, 2.05) is 0 Å². The molecule has 7 aromatic carbocycles. The molecule has 0 saturated heterocycles. The fraction of sp³-hybridized carbons (Fsp3) is 0.0417. The quantitative estimate of drug-likeness (QED) is 0.156. The predicted octanol–water partition coefficient (Wildman–Crippen LogP) is 13.0. The Kier molecular flexibility index (Phi) is 7.59. The van der Waals surface area contributed by atoms with Crippen LogP contribution in [0.4, 0.5) is 17.1 Å². The summed E-state index contributed by atoms with van der Waals surface area (Å²) in [5.74, 6) is 0. The first-order chi connectivity index (χ1) is 25.1. The Morgan fingerprint density at radius 2 is 0.902 bits per heavy atom. The summed E-state index contributed by atoms with van der Waals surface area (Å²) in [6.07, 6.45) is 4.42. The minimum atomic E-state index is 1.11. The van der Waals surface area contributed by atoms with E-state index in [1.54, 1.807) is 0 Å². The maximum absolute atomic E-state index is 2.36. The molecule has 0 atom stereocenters. The van der Waals surface area contributed by atoms with E-state index in [1.165, 1.54) is 55.2 Å². The van der Waals surface area contributed by atoms with E-state index in [9.17, 15) is 0 Å². The number of anilines is 3. The molecule has 0 radical (unpaired) electrons. The Hall–Kier alpha value is -6.58. The molecule has 2 aromatic heterocycles. The molecule has 9 rings (SSSR count). The molecule has 0 aliphatic carbocycles. The number of fused-ring (bicyclic) bond motifs is 4. The van der Waals surface area contributed by atoms with Crippen molar-refractivity contribution in [1.29, 1.82) is 0 Å². The maximum Gasteiger partial charge on any atom is 0.0542 e. The van der Waals surface area contributed by atoms with Gasteiger partial charge in [-0.1, -0.05) is 103 Å². The van der Waals surface area contributed by atoms with Gasteiger partial charge in [-0.15, -0.1) is 0 Å². The zero-order valence-electron chi connectivity index (χ0n) is 28.7. The molecule has 51 heavy (non-hydrogen) atoms. The van der Waals surface area contributed by atoms with Crippen molar-refractivity contribution in [2.75, 3.05) is 4.90 Å². The maximum atomic E-state index is 2.36. The highest BCUT2D eigenvalue weighted by atomic mass is 15.1. The minimum Gasteiger partial charge on any atom is -0.314 e. The number of hydrogen-bond donors (Lipinski definition) is 0. The Balaban J connectivity index is 1.07. The summed E-state index contributed by atoms with van der Waals surface area (Å²) < 4.78 is 4.72. The molecule has 0 N–H and O–H groups in total. The number of benzene rings is 7. The number of para-hydroxylation sites is 4. The number of aryl methyl sites for hydroxylation is 1. The Bertz CT molecular complexity index is 2680. The van der Waals surface area contributed by atoms with Gasteiger partial charge < -0.3 is 14.0 Å². The van der Waals surface area contributed by atoms with Crippen molar-refractivity contribution in [3.8, 4) is 11.4 Å². The van der Waals surface area contributed by atoms with Crippen molar-refractivity contribution in [2.45, 2.75) is 13.8 Å². The average Bonchev–Trinajstić information content (AvgIpc) is 3.65. The summed E-state index contributed by atoms with van der Waals surface area (Å²) >= 11 is 0. The second kappa shape index (κ2) is 12.7. The van der Waals surface area contributed by atoms with Gasteiger partial charge in [0.25, 0.3) is 0 Å². The molecule has 0 saturated carbocycles. The zero-order valence-corrected chi connectivity index (χ0v) is 28.7. The van der Waals surface area contributed by atoms with Gasteiger partial charge in [0.05, 0.1) is 16.6 Å². The first kappa shape index (κ1) is 30.5. The van der Waals surface area contributed by atoms with E-state index in [4.69, 9.17) is 0 Å². The van der Waals surface area contributed by atoms with Crippen LogP contribution in [-0.2, 0) is 0 Å². The fourth-order valence-corrected chi connectivity index (χ4v) is 7.51. The van der Waals surface area contributed by atoms with Gasteiger partial charge >= 0.3 is 0 Å². The molecule has 0 bridgehead atoms. The van der Waals surface area contributed by atoms with Crippen LogP contribution in [-0.4, -0.2) is 9.13 Å². The van der Waals surface area contributed by atoms with Crippen LogP contribution in [0.3, 0.4) is 0 Å². The van der Waals surface area contributed by atoms with Crippen molar-refractivity contribution < 1.29 is 0 Å². The third-order valence-electron chi connectivity index (χ3n) is 10.1. The van der Waals surface area contributed by atoms with E-state index in [0.717, 1.165) is 28.3 Å². The van der Waals surface area contributed by atoms with Gasteiger partial charge in [0.2, 0.25) is 0 Å². The van der Waals surface area contributed by atoms with E-state index < -0.39 is 0 Å². The van der Waals surface area contributed by atoms with Crippen LogP contribution in [0, 0.1) is 13.8 Å². The Labute approximate surface area is 298 Å². The largest absolute Gasteiger partial charge is 0.314 e. The van der Waals surface area contributed by atoms with Gasteiger partial charge in [-0.25, -0.2) is 0 Å². The van der Waals surface area contributed by atoms with Gasteiger partial charge in [0.1, 0.15) is 0 Å². The smallest absolute Gasteiger partial charge is 0.0542 e. The van der Waals surface area contributed by atoms with Crippen molar-refractivity contribution in [3.63, 3.8) is 0 Å². The van der Waals surface area contributed by atoms with Crippen LogP contribution in [0.25, 0.3) is 56.2 Å². The second-order valence-electron chi connectivity index (χ2n) is 13.1. The monoisotopic (exact) mass is 655 g/mol. The fourth-order valence-electron chi connectivity index (χ4n) is 7.51. The Morgan fingerprint density at radius 1 is 0.392 bits per heavy atom. The first-order valence-electron chi connectivity index (χ1n) is 17.5. The normalized spacial score (nSPS) is 11.6. The highest BCUT2D eigenvalue weighted by Crippen LogP contribution is 2.40. The molecule has 0 amide bonds. The van der Waals surface area contributed by atoms with Gasteiger partial charge in [-0.2, -0.15) is 0 Å². The summed E-state index contributed by atoms with van der Waals surface area (Å²) in [4.78, 5) is 2.35. The number of nitrogens with zero attached hydrogens (tertiary/aromatic N) is 3. The van der Waals surface area contributed by atoms with Crippen LogP contribution in [0.1, 0.15) is 22.4 Å². The molecular formula is C48H37N3. The summed E-state index contributed by atoms with van der Waals surface area (Å²) in [6.45, 7) is 4.43. The van der Waals surface area contributed by atoms with Gasteiger partial charge in [0, 0.05) is 50.3 Å². The van der Waals surface area contributed by atoms with E-state index in [-0.39, 0.29) is 0 Å². The molecule has 0 aliphatic heterocycles. The van der Waals surface area contributed by atoms with Crippen molar-refractivity contribution in [1.82, 2.24) is 9.13 Å². The van der Waals surface area contributed by atoms with E-state index in [0.29, 0.717) is 0 Å². The molecule has 2 heterocycles. The summed E-state index contributed by atoms with van der Waals surface area (Å²) in [5, 5.41) is 3.76. The molecule has 9 aromatic rings. The molecule has 0 unspecified atom stereocenters. The van der Waals surface area contributed by atoms with Crippen molar-refractivity contribution in [2.24, 2.45) is 0 Å². The van der Waals surface area contributed by atoms with Crippen LogP contribution in [0.15, 0.2) is 176 Å². The third kappa shape index (κ3) is 5.40. The highest BCUT2D eigenvalue weighted by molar-refractivity contribution is 6.10. The van der Waals surface area contributed by atoms with Crippen LogP contribution >= 0.6 is 0 Å². The molecular weight excluding hydrogens is 619 g/mol. The topological polar surface area (TPSA) is 13.1 Å². The van der Waals surface area contributed by atoms with Crippen LogP contribution < -0.4 is 4.90 Å². The molecule has 0 fully saturated rings. The van der Waals surface area contributed by atoms with E-state index >= 15 is 0 Å². The van der Waals surface area contributed by atoms with Crippen LogP contribution in [0.5, 0.6) is 0 Å². The molecule has 3 heteroatoms. The summed E-state index contributed by atoms with van der Waals surface area (Å²) in [6, 6.07) is 63.0. The molecule has 244 valence electrons. The number of rotatable bonds is 7. The van der Waals surface area contributed by atoms with E-state index in [2.05, 4.69) is 216 Å². The molecule has 0 spiro atoms. The number of aromatic nitrogens is 2. The lowest BCUT2D eigenvalue weighted by Gasteiger charge is -2.25. The average molecular weight is 656 g/mol. The van der Waals surface area contributed by atoms with Crippen molar-refractivity contribution >= 4 is 61.9 Å². The SMILES string of the molecule is Cc1c(C)n(-c2ccccc2)c2ccc(/C=C/c3ccc(N(c4ccccc4)c4ccc5c(c4)c4ccccc4n5-c4ccccc4)cc3)cc12. The van der Waals surface area contributed by atoms with Crippen molar-refractivity contribution in [3.05, 3.63) is 198 Å². The minimum absolute atomic E-state index is 1.11. The summed E-state index contributed by atoms with van der Waals surface area (Å²) in [5.41, 5.74) is 14.3. The third-order valence-corrected chi connectivity index (χ3v) is 10.1. The lowest BCUT2D eigenvalue weighted by Crippen LogP contribution is -2.09. The van der Waals surface area contributed by atoms with Gasteiger partial charge in [-0.05, 0) is 115 Å². The number of hydrogen-bond acceptors (Lipinski definition) is 1. The summed E-state index contributed by atoms with van der Waals surface area (Å²) in [7, 11) is 0. The second-order valence-corrected chi connectivity index (χ2v) is 13.1. The van der Waals surface area contributed by atoms with Gasteiger partial charge in [-0.3, -0.25) is 0 Å². The lowest BCUT2D eigenvalue weighted by molar-refractivity contribution is 1.04. The molecule has 0 aliphatic rings. The van der Waals surface area contributed by atoms with Crippen LogP contribution in [0.2, 0.25) is 0 Å².